The van der Waals surface area contributed by atoms with Crippen LogP contribution >= 0.6 is 0 Å². The van der Waals surface area contributed by atoms with E-state index >= 15 is 0 Å². The minimum absolute atomic E-state index is 0.0529. The van der Waals surface area contributed by atoms with Gasteiger partial charge < -0.3 is 9.80 Å². The third-order valence-corrected chi connectivity index (χ3v) is 2.43. The summed E-state index contributed by atoms with van der Waals surface area (Å²) < 4.78 is 0. The zero-order valence-electron chi connectivity index (χ0n) is 12.5. The van der Waals surface area contributed by atoms with Crippen LogP contribution in [-0.2, 0) is 0 Å². The van der Waals surface area contributed by atoms with E-state index in [0.29, 0.717) is 0 Å². The highest BCUT2D eigenvalue weighted by atomic mass is 15.1. The standard InChI is InChI=1S/C14H26BN3/c1-7-8-9-13(2)17-12-18(15-5)11-14(3,4)10-16-6/h8-10,12,15H,2,7,11H2,1,3-6H3/b9-8-,16-10-,17-12-. The van der Waals surface area contributed by atoms with Gasteiger partial charge in [0.05, 0.1) is 12.0 Å². The molecule has 0 aliphatic carbocycles. The van der Waals surface area contributed by atoms with Crippen molar-refractivity contribution in [3.8, 4) is 0 Å². The Labute approximate surface area is 113 Å². The van der Waals surface area contributed by atoms with Gasteiger partial charge in [0.2, 0.25) is 7.41 Å². The zero-order chi connectivity index (χ0) is 14.0. The Hall–Kier alpha value is -1.32. The molecule has 0 rings (SSSR count). The Morgan fingerprint density at radius 3 is 2.61 bits per heavy atom. The predicted molar refractivity (Wildman–Crippen MR) is 85.0 cm³/mol. The van der Waals surface area contributed by atoms with Gasteiger partial charge in [-0.1, -0.05) is 40.2 Å². The van der Waals surface area contributed by atoms with E-state index in [9.17, 15) is 0 Å². The molecule has 3 nitrogen and oxygen atoms in total. The van der Waals surface area contributed by atoms with E-state index in [-0.39, 0.29) is 5.41 Å². The van der Waals surface area contributed by atoms with Crippen molar-refractivity contribution in [1.82, 2.24) is 4.81 Å². The Kier molecular flexibility index (Phi) is 8.09. The van der Waals surface area contributed by atoms with Gasteiger partial charge in [0, 0.05) is 25.2 Å². The first-order valence-corrected chi connectivity index (χ1v) is 6.52. The Bertz CT molecular complexity index is 330. The van der Waals surface area contributed by atoms with Crippen molar-refractivity contribution in [2.75, 3.05) is 13.6 Å². The van der Waals surface area contributed by atoms with Crippen LogP contribution in [0.15, 0.2) is 34.4 Å². The first-order chi connectivity index (χ1) is 8.45. The number of hydrogen-bond acceptors (Lipinski definition) is 2. The van der Waals surface area contributed by atoms with E-state index in [4.69, 9.17) is 0 Å². The first kappa shape index (κ1) is 16.7. The van der Waals surface area contributed by atoms with E-state index in [1.54, 1.807) is 0 Å². The minimum Gasteiger partial charge on any atom is -0.409 e. The predicted octanol–water partition coefficient (Wildman–Crippen LogP) is 2.92. The van der Waals surface area contributed by atoms with Crippen LogP contribution in [-0.4, -0.2) is 38.4 Å². The smallest absolute Gasteiger partial charge is 0.234 e. The van der Waals surface area contributed by atoms with Gasteiger partial charge in [-0.15, -0.1) is 0 Å². The van der Waals surface area contributed by atoms with Crippen LogP contribution in [0, 0.1) is 5.41 Å². The SMILES string of the molecule is C=C(/C=C\CC)/N=C\N(BC)CC(C)(C)/C=N\C. The van der Waals surface area contributed by atoms with Crippen molar-refractivity contribution in [3.63, 3.8) is 0 Å². The van der Waals surface area contributed by atoms with Crippen LogP contribution in [0.5, 0.6) is 0 Å². The summed E-state index contributed by atoms with van der Waals surface area (Å²) in [4.78, 5) is 10.6. The first-order valence-electron chi connectivity index (χ1n) is 6.52. The molecule has 0 fully saturated rings. The third kappa shape index (κ3) is 7.88. The molecule has 0 aromatic heterocycles. The molecular weight excluding hydrogens is 221 g/mol. The summed E-state index contributed by atoms with van der Waals surface area (Å²) in [6, 6.07) is 0. The van der Waals surface area contributed by atoms with Gasteiger partial charge in [0.25, 0.3) is 0 Å². The van der Waals surface area contributed by atoms with Crippen LogP contribution < -0.4 is 0 Å². The lowest BCUT2D eigenvalue weighted by Crippen LogP contribution is -2.35. The summed E-state index contributed by atoms with van der Waals surface area (Å²) in [6.07, 6.45) is 8.86. The number of nitrogens with zero attached hydrogens (tertiary/aromatic N) is 3. The molecule has 0 spiro atoms. The lowest BCUT2D eigenvalue weighted by molar-refractivity contribution is 0.441. The van der Waals surface area contributed by atoms with Crippen molar-refractivity contribution in [2.24, 2.45) is 15.4 Å². The van der Waals surface area contributed by atoms with Crippen molar-refractivity contribution in [1.29, 1.82) is 0 Å². The highest BCUT2D eigenvalue weighted by Crippen LogP contribution is 2.13. The van der Waals surface area contributed by atoms with Crippen LogP contribution in [0.3, 0.4) is 0 Å². The molecular formula is C14H26BN3. The summed E-state index contributed by atoms with van der Waals surface area (Å²) >= 11 is 0. The van der Waals surface area contributed by atoms with Gasteiger partial charge in [0.15, 0.2) is 0 Å². The molecule has 0 unspecified atom stereocenters. The van der Waals surface area contributed by atoms with Gasteiger partial charge in [-0.2, -0.15) is 0 Å². The van der Waals surface area contributed by atoms with Crippen molar-refractivity contribution in [3.05, 3.63) is 24.4 Å². The molecule has 0 N–H and O–H groups in total. The van der Waals surface area contributed by atoms with Gasteiger partial charge in [-0.05, 0) is 12.5 Å². The lowest BCUT2D eigenvalue weighted by Gasteiger charge is -2.27. The quantitative estimate of drug-likeness (QED) is 0.280. The summed E-state index contributed by atoms with van der Waals surface area (Å²) in [6.45, 7) is 13.3. The molecule has 4 heteroatoms. The van der Waals surface area contributed by atoms with Crippen LogP contribution in [0.1, 0.15) is 27.2 Å². The van der Waals surface area contributed by atoms with Gasteiger partial charge in [0.1, 0.15) is 0 Å². The van der Waals surface area contributed by atoms with Crippen LogP contribution in [0.2, 0.25) is 6.82 Å². The zero-order valence-corrected chi connectivity index (χ0v) is 12.5. The lowest BCUT2D eigenvalue weighted by atomic mass is 9.88. The monoisotopic (exact) mass is 247 g/mol. The third-order valence-electron chi connectivity index (χ3n) is 2.43. The number of hydrogen-bond donors (Lipinski definition) is 0. The highest BCUT2D eigenvalue weighted by Gasteiger charge is 2.17. The fraction of sp³-hybridized carbons (Fsp3) is 0.571. The minimum atomic E-state index is 0.0529. The van der Waals surface area contributed by atoms with E-state index in [1.807, 2.05) is 25.7 Å². The number of allylic oxidation sites excluding steroid dienone is 2. The average Bonchev–Trinajstić information content (AvgIpc) is 2.31. The second kappa shape index (κ2) is 8.73. The number of rotatable bonds is 8. The molecule has 0 bridgehead atoms. The largest absolute Gasteiger partial charge is 0.409 e. The van der Waals surface area contributed by atoms with Gasteiger partial charge in [-0.25, -0.2) is 4.99 Å². The fourth-order valence-corrected chi connectivity index (χ4v) is 1.60. The normalized spacial score (nSPS) is 12.7. The van der Waals surface area contributed by atoms with Gasteiger partial charge in [-0.3, -0.25) is 0 Å². The molecule has 0 heterocycles. The molecule has 0 radical (unpaired) electrons. The average molecular weight is 247 g/mol. The maximum Gasteiger partial charge on any atom is 0.234 e. The molecule has 0 amide bonds. The Morgan fingerprint density at radius 2 is 2.11 bits per heavy atom. The molecule has 0 aromatic carbocycles. The molecule has 100 valence electrons. The van der Waals surface area contributed by atoms with E-state index in [0.717, 1.165) is 26.1 Å². The summed E-state index contributed by atoms with van der Waals surface area (Å²) in [5.74, 6) is 0. The topological polar surface area (TPSA) is 28.0 Å². The van der Waals surface area contributed by atoms with E-state index < -0.39 is 0 Å². The second-order valence-corrected chi connectivity index (χ2v) is 4.99. The highest BCUT2D eigenvalue weighted by molar-refractivity contribution is 6.33. The second-order valence-electron chi connectivity index (χ2n) is 4.99. The van der Waals surface area contributed by atoms with Crippen molar-refractivity contribution in [2.45, 2.75) is 34.0 Å². The van der Waals surface area contributed by atoms with Gasteiger partial charge >= 0.3 is 0 Å². The molecule has 0 aromatic rings. The number of aliphatic imine (C=N–C) groups is 2. The Balaban J connectivity index is 4.48. The molecule has 0 saturated carbocycles. The molecule has 0 aliphatic rings. The summed E-state index contributed by atoms with van der Waals surface area (Å²) in [5.41, 5.74) is 0.842. The Morgan fingerprint density at radius 1 is 1.44 bits per heavy atom. The fourth-order valence-electron chi connectivity index (χ4n) is 1.60. The molecule has 0 saturated heterocycles. The van der Waals surface area contributed by atoms with Crippen molar-refractivity contribution >= 4 is 20.0 Å². The van der Waals surface area contributed by atoms with Crippen LogP contribution in [0.4, 0.5) is 0 Å². The van der Waals surface area contributed by atoms with E-state index in [1.165, 1.54) is 0 Å². The maximum absolute atomic E-state index is 4.35. The van der Waals surface area contributed by atoms with Crippen molar-refractivity contribution < 1.29 is 0 Å². The molecule has 0 atom stereocenters. The van der Waals surface area contributed by atoms with E-state index in [2.05, 4.69) is 55.0 Å². The molecule has 18 heavy (non-hydrogen) atoms. The summed E-state index contributed by atoms with van der Waals surface area (Å²) in [7, 11) is 2.73. The molecule has 0 aliphatic heterocycles. The van der Waals surface area contributed by atoms with Crippen LogP contribution in [0.25, 0.3) is 0 Å². The summed E-state index contributed by atoms with van der Waals surface area (Å²) in [5, 5.41) is 0. The maximum atomic E-state index is 4.35.